The van der Waals surface area contributed by atoms with Gasteiger partial charge >= 0.3 is 0 Å². The lowest BCUT2D eigenvalue weighted by atomic mass is 10.2. The zero-order valence-electron chi connectivity index (χ0n) is 10.2. The van der Waals surface area contributed by atoms with E-state index in [0.29, 0.717) is 18.7 Å². The third-order valence-electron chi connectivity index (χ3n) is 2.64. The molecule has 0 aliphatic heterocycles. The summed E-state index contributed by atoms with van der Waals surface area (Å²) < 4.78 is 0. The van der Waals surface area contributed by atoms with E-state index < -0.39 is 0 Å². The first-order valence-corrected chi connectivity index (χ1v) is 6.66. The van der Waals surface area contributed by atoms with Gasteiger partial charge < -0.3 is 15.5 Å². The fourth-order valence-electron chi connectivity index (χ4n) is 1.62. The maximum atomic E-state index is 9.63. The molecule has 1 aromatic heterocycles. The summed E-state index contributed by atoms with van der Waals surface area (Å²) >= 11 is 1.69. The number of nitrogens with one attached hydrogen (secondary N) is 1. The first-order chi connectivity index (χ1) is 8.70. The Bertz CT molecular complexity index is 525. The minimum absolute atomic E-state index is 0.0571. The van der Waals surface area contributed by atoms with Gasteiger partial charge in [-0.15, -0.1) is 11.3 Å². The van der Waals surface area contributed by atoms with Crippen molar-refractivity contribution in [2.75, 3.05) is 0 Å². The van der Waals surface area contributed by atoms with E-state index in [1.807, 2.05) is 6.20 Å². The van der Waals surface area contributed by atoms with E-state index in [9.17, 15) is 10.2 Å². The van der Waals surface area contributed by atoms with Crippen molar-refractivity contribution in [3.05, 3.63) is 39.8 Å². The molecule has 0 aliphatic rings. The Morgan fingerprint density at radius 3 is 2.83 bits per heavy atom. The summed E-state index contributed by atoms with van der Waals surface area (Å²) in [4.78, 5) is 5.57. The highest BCUT2D eigenvalue weighted by molar-refractivity contribution is 7.11. The van der Waals surface area contributed by atoms with Crippen LogP contribution >= 0.6 is 11.3 Å². The molecule has 0 saturated heterocycles. The Morgan fingerprint density at radius 1 is 1.28 bits per heavy atom. The lowest BCUT2D eigenvalue weighted by Gasteiger charge is -2.06. The number of nitrogens with zero attached hydrogens (tertiary/aromatic N) is 1. The zero-order chi connectivity index (χ0) is 13.0. The predicted molar refractivity (Wildman–Crippen MR) is 71.8 cm³/mol. The van der Waals surface area contributed by atoms with Gasteiger partial charge in [-0.3, -0.25) is 0 Å². The van der Waals surface area contributed by atoms with Gasteiger partial charge in [-0.05, 0) is 12.5 Å². The molecule has 0 aliphatic carbocycles. The number of hydrogen-bond acceptors (Lipinski definition) is 5. The van der Waals surface area contributed by atoms with Crippen molar-refractivity contribution < 1.29 is 10.2 Å². The van der Waals surface area contributed by atoms with Crippen molar-refractivity contribution in [3.8, 4) is 11.5 Å². The van der Waals surface area contributed by atoms with Crippen molar-refractivity contribution in [2.45, 2.75) is 26.4 Å². The molecular weight excluding hydrogens is 248 g/mol. The molecule has 3 N–H and O–H groups in total. The van der Waals surface area contributed by atoms with E-state index in [-0.39, 0.29) is 11.5 Å². The second kappa shape index (κ2) is 5.84. The molecule has 5 heteroatoms. The highest BCUT2D eigenvalue weighted by Crippen LogP contribution is 2.27. The van der Waals surface area contributed by atoms with E-state index in [1.165, 1.54) is 10.9 Å². The van der Waals surface area contributed by atoms with Crippen LogP contribution < -0.4 is 5.32 Å². The van der Waals surface area contributed by atoms with Crippen LogP contribution in [0.15, 0.2) is 24.4 Å². The minimum atomic E-state index is -0.0863. The highest BCUT2D eigenvalue weighted by Gasteiger charge is 2.05. The predicted octanol–water partition coefficient (Wildman–Crippen LogP) is 2.41. The van der Waals surface area contributed by atoms with Gasteiger partial charge in [0, 0.05) is 29.7 Å². The van der Waals surface area contributed by atoms with Crippen LogP contribution in [-0.2, 0) is 19.5 Å². The molecule has 18 heavy (non-hydrogen) atoms. The molecule has 96 valence electrons. The number of phenols is 2. The van der Waals surface area contributed by atoms with Crippen molar-refractivity contribution in [2.24, 2.45) is 0 Å². The van der Waals surface area contributed by atoms with Gasteiger partial charge in [0.05, 0.1) is 0 Å². The quantitative estimate of drug-likeness (QED) is 0.726. The molecular formula is C13H16N2O2S. The van der Waals surface area contributed by atoms with Crippen molar-refractivity contribution >= 4 is 11.3 Å². The monoisotopic (exact) mass is 264 g/mol. The second-order valence-electron chi connectivity index (χ2n) is 3.96. The van der Waals surface area contributed by atoms with Crippen LogP contribution in [0.5, 0.6) is 11.5 Å². The average molecular weight is 264 g/mol. The van der Waals surface area contributed by atoms with E-state index in [0.717, 1.165) is 11.4 Å². The smallest absolute Gasteiger partial charge is 0.161 e. The summed E-state index contributed by atoms with van der Waals surface area (Å²) in [5.74, 6) is -0.143. The second-order valence-corrected chi connectivity index (χ2v) is 5.16. The normalized spacial score (nSPS) is 10.7. The topological polar surface area (TPSA) is 65.4 Å². The Morgan fingerprint density at radius 2 is 2.11 bits per heavy atom. The molecule has 0 amide bonds. The van der Waals surface area contributed by atoms with Crippen LogP contribution in [0.25, 0.3) is 0 Å². The van der Waals surface area contributed by atoms with Crippen LogP contribution in [0.4, 0.5) is 0 Å². The fraction of sp³-hybridized carbons (Fsp3) is 0.308. The van der Waals surface area contributed by atoms with Crippen LogP contribution in [0, 0.1) is 0 Å². The first-order valence-electron chi connectivity index (χ1n) is 5.84. The van der Waals surface area contributed by atoms with E-state index in [2.05, 4.69) is 17.2 Å². The minimum Gasteiger partial charge on any atom is -0.504 e. The first kappa shape index (κ1) is 12.9. The Kier molecular flexibility index (Phi) is 4.17. The Labute approximate surface area is 110 Å². The zero-order valence-corrected chi connectivity index (χ0v) is 11.0. The Hall–Kier alpha value is -1.59. The van der Waals surface area contributed by atoms with E-state index in [4.69, 9.17) is 0 Å². The number of hydrogen-bond donors (Lipinski definition) is 3. The molecule has 0 bridgehead atoms. The molecule has 2 aromatic rings. The summed E-state index contributed by atoms with van der Waals surface area (Å²) in [7, 11) is 0. The summed E-state index contributed by atoms with van der Waals surface area (Å²) in [5, 5.41) is 23.2. The third kappa shape index (κ3) is 3.00. The van der Waals surface area contributed by atoms with Gasteiger partial charge in [0.25, 0.3) is 0 Å². The van der Waals surface area contributed by atoms with Crippen LogP contribution in [0.1, 0.15) is 22.4 Å². The molecule has 0 atom stereocenters. The van der Waals surface area contributed by atoms with Gasteiger partial charge in [-0.2, -0.15) is 0 Å². The molecule has 0 saturated carbocycles. The molecule has 0 unspecified atom stereocenters. The lowest BCUT2D eigenvalue weighted by molar-refractivity contribution is 0.397. The van der Waals surface area contributed by atoms with E-state index >= 15 is 0 Å². The Balaban J connectivity index is 1.90. The summed E-state index contributed by atoms with van der Waals surface area (Å²) in [6.45, 7) is 3.27. The molecule has 0 spiro atoms. The number of thiazole rings is 1. The fourth-order valence-corrected chi connectivity index (χ4v) is 2.45. The number of phenolic OH excluding ortho intramolecular Hbond substituents is 2. The number of rotatable bonds is 5. The van der Waals surface area contributed by atoms with Crippen LogP contribution in [-0.4, -0.2) is 15.2 Å². The molecule has 0 radical (unpaired) electrons. The van der Waals surface area contributed by atoms with Gasteiger partial charge in [0.15, 0.2) is 11.5 Å². The van der Waals surface area contributed by atoms with Gasteiger partial charge in [-0.1, -0.05) is 19.1 Å². The van der Waals surface area contributed by atoms with Gasteiger partial charge in [0.1, 0.15) is 5.01 Å². The standard InChI is InChI=1S/C13H16N2O2S/c1-2-10-7-15-12(18-10)8-14-6-9-4-3-5-11(16)13(9)17/h3-5,7,14,16-17H,2,6,8H2,1H3. The molecule has 2 rings (SSSR count). The summed E-state index contributed by atoms with van der Waals surface area (Å²) in [6.07, 6.45) is 2.90. The van der Waals surface area contributed by atoms with Gasteiger partial charge in [0.2, 0.25) is 0 Å². The number of aromatic hydroxyl groups is 2. The highest BCUT2D eigenvalue weighted by atomic mass is 32.1. The molecule has 1 aromatic carbocycles. The van der Waals surface area contributed by atoms with Crippen LogP contribution in [0.3, 0.4) is 0 Å². The maximum Gasteiger partial charge on any atom is 0.161 e. The SMILES string of the molecule is CCc1cnc(CNCc2cccc(O)c2O)s1. The molecule has 0 fully saturated rings. The van der Waals surface area contributed by atoms with Crippen LogP contribution in [0.2, 0.25) is 0 Å². The van der Waals surface area contributed by atoms with Gasteiger partial charge in [-0.25, -0.2) is 4.98 Å². The molecule has 4 nitrogen and oxygen atoms in total. The summed E-state index contributed by atoms with van der Waals surface area (Å²) in [6, 6.07) is 4.96. The lowest BCUT2D eigenvalue weighted by Crippen LogP contribution is -2.12. The van der Waals surface area contributed by atoms with E-state index in [1.54, 1.807) is 23.5 Å². The van der Waals surface area contributed by atoms with Crippen molar-refractivity contribution in [1.82, 2.24) is 10.3 Å². The van der Waals surface area contributed by atoms with Crippen molar-refractivity contribution in [3.63, 3.8) is 0 Å². The largest absolute Gasteiger partial charge is 0.504 e. The number of aromatic nitrogens is 1. The summed E-state index contributed by atoms with van der Waals surface area (Å²) in [5.41, 5.74) is 0.683. The average Bonchev–Trinajstić information content (AvgIpc) is 2.82. The number of aryl methyl sites for hydroxylation is 1. The maximum absolute atomic E-state index is 9.63. The third-order valence-corrected chi connectivity index (χ3v) is 3.78. The number of benzene rings is 1. The van der Waals surface area contributed by atoms with Crippen molar-refractivity contribution in [1.29, 1.82) is 0 Å². The molecule has 1 heterocycles. The number of para-hydroxylation sites is 1.